The van der Waals surface area contributed by atoms with E-state index >= 15 is 0 Å². The Kier molecular flexibility index (Phi) is 5.09. The Bertz CT molecular complexity index is 755. The maximum atomic E-state index is 12.7. The van der Waals surface area contributed by atoms with Crippen molar-refractivity contribution in [3.05, 3.63) is 48.0 Å². The average Bonchev–Trinajstić information content (AvgIpc) is 2.63. The minimum absolute atomic E-state index is 0.210. The largest absolute Gasteiger partial charge is 0.496 e. The van der Waals surface area contributed by atoms with E-state index in [9.17, 15) is 4.79 Å². The number of benzene rings is 2. The molecule has 1 amide bonds. The number of para-hydroxylation sites is 1. The number of methoxy groups -OCH3 is 1. The van der Waals surface area contributed by atoms with Crippen LogP contribution < -0.4 is 20.7 Å². The minimum Gasteiger partial charge on any atom is -0.496 e. The van der Waals surface area contributed by atoms with Crippen molar-refractivity contribution < 1.29 is 9.53 Å². The number of anilines is 3. The number of rotatable bonds is 4. The van der Waals surface area contributed by atoms with Crippen molar-refractivity contribution in [1.82, 2.24) is 4.90 Å². The normalized spacial score (nSPS) is 15.0. The van der Waals surface area contributed by atoms with Crippen LogP contribution in [-0.2, 0) is 0 Å². The van der Waals surface area contributed by atoms with E-state index in [1.54, 1.807) is 25.3 Å². The summed E-state index contributed by atoms with van der Waals surface area (Å²) in [5, 5.41) is 3.00. The molecule has 25 heavy (non-hydrogen) atoms. The van der Waals surface area contributed by atoms with Gasteiger partial charge in [0.1, 0.15) is 5.75 Å². The number of amides is 1. The second-order valence-electron chi connectivity index (χ2n) is 6.22. The number of piperazine rings is 1. The molecule has 0 atom stereocenters. The molecule has 0 spiro atoms. The number of nitrogens with one attached hydrogen (secondary N) is 1. The fourth-order valence-electron chi connectivity index (χ4n) is 3.00. The first-order valence-corrected chi connectivity index (χ1v) is 8.36. The molecule has 0 unspecified atom stereocenters. The van der Waals surface area contributed by atoms with Gasteiger partial charge in [0.2, 0.25) is 0 Å². The number of carbonyl (C=O) groups is 1. The summed E-state index contributed by atoms with van der Waals surface area (Å²) in [6.45, 7) is 3.81. The highest BCUT2D eigenvalue weighted by Crippen LogP contribution is 2.30. The van der Waals surface area contributed by atoms with Crippen molar-refractivity contribution in [1.29, 1.82) is 0 Å². The number of hydrogen-bond acceptors (Lipinski definition) is 5. The van der Waals surface area contributed by atoms with Crippen LogP contribution in [0.3, 0.4) is 0 Å². The van der Waals surface area contributed by atoms with E-state index in [1.165, 1.54) is 0 Å². The van der Waals surface area contributed by atoms with Crippen molar-refractivity contribution in [2.24, 2.45) is 0 Å². The summed E-state index contributed by atoms with van der Waals surface area (Å²) in [7, 11) is 3.67. The lowest BCUT2D eigenvalue weighted by atomic mass is 10.1. The van der Waals surface area contributed by atoms with E-state index in [2.05, 4.69) is 22.2 Å². The molecule has 6 heteroatoms. The van der Waals surface area contributed by atoms with Crippen LogP contribution in [0.2, 0.25) is 0 Å². The number of ether oxygens (including phenoxy) is 1. The second-order valence-corrected chi connectivity index (χ2v) is 6.22. The molecule has 2 aromatic carbocycles. The van der Waals surface area contributed by atoms with Crippen LogP contribution in [-0.4, -0.2) is 51.1 Å². The number of likely N-dealkylation sites (N-methyl/N-ethyl adjacent to an activating group) is 1. The maximum Gasteiger partial charge on any atom is 0.259 e. The van der Waals surface area contributed by atoms with E-state index in [0.717, 1.165) is 37.6 Å². The number of nitrogens with two attached hydrogens (primary N) is 1. The molecule has 0 radical (unpaired) electrons. The number of hydrogen-bond donors (Lipinski definition) is 2. The van der Waals surface area contributed by atoms with E-state index in [-0.39, 0.29) is 5.91 Å². The van der Waals surface area contributed by atoms with Gasteiger partial charge >= 0.3 is 0 Å². The highest BCUT2D eigenvalue weighted by atomic mass is 16.5. The third-order valence-corrected chi connectivity index (χ3v) is 4.46. The predicted octanol–water partition coefficient (Wildman–Crippen LogP) is 2.28. The summed E-state index contributed by atoms with van der Waals surface area (Å²) < 4.78 is 5.28. The first kappa shape index (κ1) is 17.1. The van der Waals surface area contributed by atoms with Crippen LogP contribution in [0.25, 0.3) is 0 Å². The van der Waals surface area contributed by atoms with Crippen molar-refractivity contribution in [2.75, 3.05) is 56.3 Å². The van der Waals surface area contributed by atoms with Gasteiger partial charge in [-0.25, -0.2) is 0 Å². The monoisotopic (exact) mass is 340 g/mol. The lowest BCUT2D eigenvalue weighted by molar-refractivity contribution is 0.102. The molecular weight excluding hydrogens is 316 g/mol. The Morgan fingerprint density at radius 3 is 2.56 bits per heavy atom. The van der Waals surface area contributed by atoms with Gasteiger partial charge in [0.25, 0.3) is 5.91 Å². The molecule has 6 nitrogen and oxygen atoms in total. The summed E-state index contributed by atoms with van der Waals surface area (Å²) in [6.07, 6.45) is 0. The van der Waals surface area contributed by atoms with Gasteiger partial charge in [-0.05, 0) is 37.4 Å². The van der Waals surface area contributed by atoms with E-state index in [4.69, 9.17) is 10.5 Å². The van der Waals surface area contributed by atoms with Gasteiger partial charge < -0.3 is 25.6 Å². The minimum atomic E-state index is -0.210. The standard InChI is InChI=1S/C19H24N4O2/c1-22-9-11-23(12-10-22)17-8-7-14(20)13-16(17)21-19(24)15-5-3-4-6-18(15)25-2/h3-8,13H,9-12,20H2,1-2H3,(H,21,24). The molecule has 3 rings (SSSR count). The van der Waals surface area contributed by atoms with Crippen LogP contribution in [0, 0.1) is 0 Å². The van der Waals surface area contributed by atoms with Crippen LogP contribution >= 0.6 is 0 Å². The molecule has 1 aliphatic heterocycles. The summed E-state index contributed by atoms with van der Waals surface area (Å²) in [5.41, 5.74) is 8.78. The molecule has 2 aromatic rings. The highest BCUT2D eigenvalue weighted by molar-refractivity contribution is 6.08. The summed E-state index contributed by atoms with van der Waals surface area (Å²) in [6, 6.07) is 12.8. The third-order valence-electron chi connectivity index (χ3n) is 4.46. The van der Waals surface area contributed by atoms with Gasteiger partial charge in [-0.3, -0.25) is 4.79 Å². The fourth-order valence-corrected chi connectivity index (χ4v) is 3.00. The Morgan fingerprint density at radius 2 is 1.84 bits per heavy atom. The highest BCUT2D eigenvalue weighted by Gasteiger charge is 2.19. The zero-order chi connectivity index (χ0) is 17.8. The van der Waals surface area contributed by atoms with Crippen molar-refractivity contribution in [2.45, 2.75) is 0 Å². The topological polar surface area (TPSA) is 70.8 Å². The smallest absolute Gasteiger partial charge is 0.259 e. The molecule has 0 aliphatic carbocycles. The van der Waals surface area contributed by atoms with Gasteiger partial charge in [-0.1, -0.05) is 12.1 Å². The molecular formula is C19H24N4O2. The van der Waals surface area contributed by atoms with Gasteiger partial charge in [0, 0.05) is 31.9 Å². The zero-order valence-electron chi connectivity index (χ0n) is 14.7. The first-order valence-electron chi connectivity index (χ1n) is 8.36. The molecule has 0 bridgehead atoms. The summed E-state index contributed by atoms with van der Waals surface area (Å²) in [5.74, 6) is 0.337. The number of nitrogen functional groups attached to an aromatic ring is 1. The lowest BCUT2D eigenvalue weighted by Gasteiger charge is -2.35. The molecule has 132 valence electrons. The Hall–Kier alpha value is -2.73. The zero-order valence-corrected chi connectivity index (χ0v) is 14.7. The van der Waals surface area contributed by atoms with Crippen LogP contribution in [0.15, 0.2) is 42.5 Å². The first-order chi connectivity index (χ1) is 12.1. The van der Waals surface area contributed by atoms with Crippen molar-refractivity contribution in [3.8, 4) is 5.75 Å². The van der Waals surface area contributed by atoms with Gasteiger partial charge in [0.15, 0.2) is 0 Å². The van der Waals surface area contributed by atoms with Crippen LogP contribution in [0.5, 0.6) is 5.75 Å². The third kappa shape index (κ3) is 3.85. The SMILES string of the molecule is COc1ccccc1C(=O)Nc1cc(N)ccc1N1CCN(C)CC1. The summed E-state index contributed by atoms with van der Waals surface area (Å²) >= 11 is 0. The Balaban J connectivity index is 1.86. The average molecular weight is 340 g/mol. The Morgan fingerprint density at radius 1 is 1.12 bits per heavy atom. The molecule has 3 N–H and O–H groups in total. The van der Waals surface area contributed by atoms with Crippen LogP contribution in [0.1, 0.15) is 10.4 Å². The molecule has 1 aliphatic rings. The van der Waals surface area contributed by atoms with E-state index < -0.39 is 0 Å². The molecule has 1 saturated heterocycles. The molecule has 0 aromatic heterocycles. The van der Waals surface area contributed by atoms with Gasteiger partial charge in [0.05, 0.1) is 24.0 Å². The maximum absolute atomic E-state index is 12.7. The summed E-state index contributed by atoms with van der Waals surface area (Å²) in [4.78, 5) is 17.3. The van der Waals surface area contributed by atoms with Gasteiger partial charge in [-0.15, -0.1) is 0 Å². The van der Waals surface area contributed by atoms with Crippen LogP contribution in [0.4, 0.5) is 17.1 Å². The quantitative estimate of drug-likeness (QED) is 0.836. The van der Waals surface area contributed by atoms with E-state index in [1.807, 2.05) is 24.3 Å². The number of carbonyl (C=O) groups excluding carboxylic acids is 1. The Labute approximate surface area is 148 Å². The van der Waals surface area contributed by atoms with E-state index in [0.29, 0.717) is 17.0 Å². The molecule has 1 fully saturated rings. The second kappa shape index (κ2) is 7.44. The predicted molar refractivity (Wildman–Crippen MR) is 102 cm³/mol. The fraction of sp³-hybridized carbons (Fsp3) is 0.316. The van der Waals surface area contributed by atoms with Crippen molar-refractivity contribution in [3.63, 3.8) is 0 Å². The lowest BCUT2D eigenvalue weighted by Crippen LogP contribution is -2.44. The number of nitrogens with zero attached hydrogens (tertiary/aromatic N) is 2. The van der Waals surface area contributed by atoms with Crippen molar-refractivity contribution >= 4 is 23.0 Å². The van der Waals surface area contributed by atoms with Gasteiger partial charge in [-0.2, -0.15) is 0 Å². The molecule has 1 heterocycles. The molecule has 0 saturated carbocycles.